The second-order valence-electron chi connectivity index (χ2n) is 5.93. The fourth-order valence-corrected chi connectivity index (χ4v) is 3.98. The number of carbonyl (C=O) groups is 2. The average Bonchev–Trinajstić information content (AvgIpc) is 3.14. The Morgan fingerprint density at radius 3 is 2.35 bits per heavy atom. The van der Waals surface area contributed by atoms with E-state index in [-0.39, 0.29) is 35.4 Å². The zero-order valence-electron chi connectivity index (χ0n) is 16.8. The number of nitrogens with one attached hydrogen (secondary N) is 3. The SMILES string of the molecule is CCOC(=O)c1[nH]c2ccccc2c1S(=O)(=O)NC(=O)Nc1nc(OC)cc(OC)n1. The lowest BCUT2D eigenvalue weighted by molar-refractivity contribution is 0.0516. The van der Waals surface area contributed by atoms with Crippen molar-refractivity contribution in [1.82, 2.24) is 19.7 Å². The van der Waals surface area contributed by atoms with Gasteiger partial charge in [0.2, 0.25) is 17.7 Å². The zero-order chi connectivity index (χ0) is 22.6. The number of rotatable bonds is 7. The van der Waals surface area contributed by atoms with Crippen molar-refractivity contribution >= 4 is 38.9 Å². The van der Waals surface area contributed by atoms with Crippen LogP contribution < -0.4 is 19.5 Å². The summed E-state index contributed by atoms with van der Waals surface area (Å²) in [6.45, 7) is 1.62. The molecule has 0 aliphatic heterocycles. The Kier molecular flexibility index (Phi) is 6.25. The summed E-state index contributed by atoms with van der Waals surface area (Å²) in [5.74, 6) is -0.953. The Morgan fingerprint density at radius 1 is 1.10 bits per heavy atom. The number of para-hydroxylation sites is 1. The van der Waals surface area contributed by atoms with Gasteiger partial charge < -0.3 is 19.2 Å². The predicted octanol–water partition coefficient (Wildman–Crippen LogP) is 1.66. The van der Waals surface area contributed by atoms with Gasteiger partial charge in [-0.25, -0.2) is 22.7 Å². The number of hydrogen-bond acceptors (Lipinski definition) is 9. The second-order valence-corrected chi connectivity index (χ2v) is 7.55. The molecule has 0 atom stereocenters. The molecule has 0 saturated heterocycles. The highest BCUT2D eigenvalue weighted by atomic mass is 32.2. The number of amides is 2. The number of methoxy groups -OCH3 is 2. The van der Waals surface area contributed by atoms with Crippen LogP contribution in [0.1, 0.15) is 17.4 Å². The van der Waals surface area contributed by atoms with Crippen LogP contribution in [0.15, 0.2) is 35.2 Å². The summed E-state index contributed by atoms with van der Waals surface area (Å²) in [5.41, 5.74) is 0.0786. The van der Waals surface area contributed by atoms with E-state index in [9.17, 15) is 18.0 Å². The van der Waals surface area contributed by atoms with Crippen LogP contribution in [0.4, 0.5) is 10.7 Å². The molecular weight excluding hydrogens is 430 g/mol. The van der Waals surface area contributed by atoms with Crippen molar-refractivity contribution in [3.8, 4) is 11.8 Å². The van der Waals surface area contributed by atoms with E-state index in [0.29, 0.717) is 5.52 Å². The summed E-state index contributed by atoms with van der Waals surface area (Å²) in [4.78, 5) is 34.8. The molecule has 0 spiro atoms. The zero-order valence-corrected chi connectivity index (χ0v) is 17.6. The number of ether oxygens (including phenoxy) is 3. The van der Waals surface area contributed by atoms with Gasteiger partial charge in [0.1, 0.15) is 10.6 Å². The second kappa shape index (κ2) is 8.87. The first kappa shape index (κ1) is 21.8. The van der Waals surface area contributed by atoms with Crippen LogP contribution in [0.2, 0.25) is 0 Å². The van der Waals surface area contributed by atoms with E-state index in [1.807, 2.05) is 4.72 Å². The maximum absolute atomic E-state index is 13.0. The summed E-state index contributed by atoms with van der Waals surface area (Å²) in [6, 6.07) is 6.57. The molecule has 2 heterocycles. The molecule has 164 valence electrons. The Balaban J connectivity index is 1.94. The van der Waals surface area contributed by atoms with Gasteiger partial charge in [-0.1, -0.05) is 18.2 Å². The van der Waals surface area contributed by atoms with E-state index in [4.69, 9.17) is 14.2 Å². The minimum absolute atomic E-state index is 0.0383. The van der Waals surface area contributed by atoms with Gasteiger partial charge in [-0.05, 0) is 13.0 Å². The van der Waals surface area contributed by atoms with Crippen LogP contribution >= 0.6 is 0 Å². The van der Waals surface area contributed by atoms with Gasteiger partial charge in [0.15, 0.2) is 0 Å². The van der Waals surface area contributed by atoms with Crippen LogP contribution in [0.25, 0.3) is 10.9 Å². The maximum Gasteiger partial charge on any atom is 0.356 e. The van der Waals surface area contributed by atoms with Crippen molar-refractivity contribution in [3.63, 3.8) is 0 Å². The minimum Gasteiger partial charge on any atom is -0.481 e. The minimum atomic E-state index is -4.50. The van der Waals surface area contributed by atoms with Crippen LogP contribution in [0, 0.1) is 0 Å². The van der Waals surface area contributed by atoms with E-state index in [1.54, 1.807) is 25.1 Å². The fraction of sp³-hybridized carbons (Fsp3) is 0.222. The number of carbonyl (C=O) groups excluding carboxylic acids is 2. The molecule has 0 radical (unpaired) electrons. The van der Waals surface area contributed by atoms with E-state index in [2.05, 4.69) is 20.3 Å². The number of benzene rings is 1. The lowest BCUT2D eigenvalue weighted by Gasteiger charge is -2.10. The third-order valence-electron chi connectivity index (χ3n) is 3.96. The molecule has 1 aromatic carbocycles. The molecule has 3 N–H and O–H groups in total. The van der Waals surface area contributed by atoms with Gasteiger partial charge >= 0.3 is 12.0 Å². The molecule has 0 bridgehead atoms. The lowest BCUT2D eigenvalue weighted by Crippen LogP contribution is -2.35. The molecule has 3 aromatic rings. The molecule has 0 aliphatic rings. The van der Waals surface area contributed by atoms with Crippen LogP contribution in [-0.4, -0.2) is 56.2 Å². The summed E-state index contributed by atoms with van der Waals surface area (Å²) in [5, 5.41) is 2.41. The topological polar surface area (TPSA) is 162 Å². The highest BCUT2D eigenvalue weighted by molar-refractivity contribution is 7.90. The Labute approximate surface area is 177 Å². The predicted molar refractivity (Wildman–Crippen MR) is 109 cm³/mol. The summed E-state index contributed by atoms with van der Waals surface area (Å²) in [6.07, 6.45) is 0. The van der Waals surface area contributed by atoms with Crippen LogP contribution in [-0.2, 0) is 14.8 Å². The third-order valence-corrected chi connectivity index (χ3v) is 5.37. The maximum atomic E-state index is 13.0. The van der Waals surface area contributed by atoms with E-state index in [0.717, 1.165) is 0 Å². The first-order chi connectivity index (χ1) is 14.8. The molecule has 12 nitrogen and oxygen atoms in total. The van der Waals surface area contributed by atoms with Crippen molar-refractivity contribution in [2.45, 2.75) is 11.8 Å². The first-order valence-electron chi connectivity index (χ1n) is 8.87. The van der Waals surface area contributed by atoms with Crippen molar-refractivity contribution in [2.75, 3.05) is 26.1 Å². The smallest absolute Gasteiger partial charge is 0.356 e. The van der Waals surface area contributed by atoms with Gasteiger partial charge in [0.25, 0.3) is 10.0 Å². The molecule has 31 heavy (non-hydrogen) atoms. The van der Waals surface area contributed by atoms with E-state index >= 15 is 0 Å². The molecule has 0 unspecified atom stereocenters. The number of anilines is 1. The first-order valence-corrected chi connectivity index (χ1v) is 10.4. The quantitative estimate of drug-likeness (QED) is 0.455. The molecule has 2 aromatic heterocycles. The molecule has 0 aliphatic carbocycles. The molecule has 13 heteroatoms. The summed E-state index contributed by atoms with van der Waals surface area (Å²) >= 11 is 0. The number of sulfonamides is 1. The number of urea groups is 1. The molecular formula is C18H19N5O7S. The van der Waals surface area contributed by atoms with Gasteiger partial charge in [-0.3, -0.25) is 5.32 Å². The number of hydrogen-bond donors (Lipinski definition) is 3. The van der Waals surface area contributed by atoms with Gasteiger partial charge in [0, 0.05) is 10.9 Å². The average molecular weight is 449 g/mol. The number of aromatic amines is 1. The fourth-order valence-electron chi connectivity index (χ4n) is 2.71. The van der Waals surface area contributed by atoms with E-state index < -0.39 is 26.9 Å². The molecule has 2 amide bonds. The van der Waals surface area contributed by atoms with Crippen LogP contribution in [0.5, 0.6) is 11.8 Å². The molecule has 0 saturated carbocycles. The lowest BCUT2D eigenvalue weighted by atomic mass is 10.2. The monoisotopic (exact) mass is 449 g/mol. The highest BCUT2D eigenvalue weighted by Gasteiger charge is 2.30. The summed E-state index contributed by atoms with van der Waals surface area (Å²) in [7, 11) is -1.80. The highest BCUT2D eigenvalue weighted by Crippen LogP contribution is 2.27. The Bertz CT molecular complexity index is 1220. The number of H-pyrrole nitrogens is 1. The van der Waals surface area contributed by atoms with Crippen molar-refractivity contribution < 1.29 is 32.2 Å². The van der Waals surface area contributed by atoms with Gasteiger partial charge in [0.05, 0.1) is 26.9 Å². The van der Waals surface area contributed by atoms with Crippen LogP contribution in [0.3, 0.4) is 0 Å². The molecule has 0 fully saturated rings. The number of nitrogens with zero attached hydrogens (tertiary/aromatic N) is 2. The number of aromatic nitrogens is 3. The number of fused-ring (bicyclic) bond motifs is 1. The third kappa shape index (κ3) is 4.66. The standard InChI is InChI=1S/C18H19N5O7S/c1-4-30-16(24)14-15(10-7-5-6-8-11(10)19-14)31(26,27)23-18(25)22-17-20-12(28-2)9-13(21-17)29-3/h5-9,19H,4H2,1-3H3,(H2,20,21,22,23,25). The van der Waals surface area contributed by atoms with Gasteiger partial charge in [-0.15, -0.1) is 0 Å². The van der Waals surface area contributed by atoms with Crippen molar-refractivity contribution in [3.05, 3.63) is 36.0 Å². The largest absolute Gasteiger partial charge is 0.481 e. The van der Waals surface area contributed by atoms with Crippen molar-refractivity contribution in [1.29, 1.82) is 0 Å². The van der Waals surface area contributed by atoms with Gasteiger partial charge in [-0.2, -0.15) is 9.97 Å². The van der Waals surface area contributed by atoms with Crippen molar-refractivity contribution in [2.24, 2.45) is 0 Å². The van der Waals surface area contributed by atoms with E-state index in [1.165, 1.54) is 26.4 Å². The Hall–Kier alpha value is -3.87. The number of esters is 1. The Morgan fingerprint density at radius 2 is 1.74 bits per heavy atom. The summed E-state index contributed by atoms with van der Waals surface area (Å²) < 4.78 is 42.7. The normalized spacial score (nSPS) is 11.1. The molecule has 3 rings (SSSR count).